The largest absolute Gasteiger partial charge is 0.412 e. The predicted octanol–water partition coefficient (Wildman–Crippen LogP) is 6.48. The Morgan fingerprint density at radius 3 is 0.0556 bits per heavy atom. The predicted molar refractivity (Wildman–Crippen MR) is 352 cm³/mol. The minimum absolute atomic E-state index is 0. The summed E-state index contributed by atoms with van der Waals surface area (Å²) in [7, 11) is 0. The van der Waals surface area contributed by atoms with E-state index in [-0.39, 0.29) is 163 Å². The molecule has 0 unspecified atom stereocenters. The molecule has 0 aromatic rings. The maximum Gasteiger partial charge on any atom is 0 e. The third-order valence-corrected chi connectivity index (χ3v) is 0. The van der Waals surface area contributed by atoms with Crippen LogP contribution in [0.3, 0.4) is 0 Å². The fourth-order valence-electron chi connectivity index (χ4n) is 0. The molecule has 0 aromatic heterocycles. The number of rotatable bonds is 0. The van der Waals surface area contributed by atoms with E-state index in [9.17, 15) is 0 Å². The van der Waals surface area contributed by atoms with E-state index in [1.165, 1.54) is 0 Å². The molecule has 0 heterocycles. The average Bonchev–Trinajstić information content (AvgIpc) is 3.34. The van der Waals surface area contributed by atoms with Crippen LogP contribution >= 0.6 is 0 Å². The van der Waals surface area contributed by atoms with Gasteiger partial charge in [0, 0.05) is 42.1 Å². The summed E-state index contributed by atoms with van der Waals surface area (Å²) in [5, 5.41) is 0. The molecule has 0 atom stereocenters. The smallest absolute Gasteiger partial charge is 0 e. The molecule has 44 N–H and O–H groups in total. The molecular weight excluding hydrogens is 1120 g/mol. The third kappa shape index (κ3) is 1380000. The normalized spacial score (nSPS) is 2.00. The summed E-state index contributed by atoms with van der Waals surface area (Å²) in [5.41, 5.74) is 0. The zero-order valence-electron chi connectivity index (χ0n) is 59.8. The molecule has 0 bridgehead atoms. The van der Waals surface area contributed by atoms with Crippen LogP contribution in [0.4, 0.5) is 0 Å². The van der Waals surface area contributed by atoms with Crippen molar-refractivity contribution in [1.82, 2.24) is 0 Å². The van der Waals surface area contributed by atoms with Crippen molar-refractivity contribution in [3.8, 4) is 0 Å². The zero-order chi connectivity index (χ0) is 48.0. The standard InChI is InChI=1S/24C2H6.2Mo.22H2O/c24*1-2;;;;;;;;;;;;;;;;;;;;;;;;/h24*1-2H3;;;22*1H2. The second-order valence-corrected chi connectivity index (χ2v) is 0. The Kier molecular flexibility index (Phi) is 12400000. The molecule has 72 heavy (non-hydrogen) atoms. The third-order valence-electron chi connectivity index (χ3n) is 0. The van der Waals surface area contributed by atoms with Gasteiger partial charge in [-0.15, -0.1) is 0 Å². The molecule has 0 aliphatic carbocycles. The van der Waals surface area contributed by atoms with Gasteiger partial charge in [-0.1, -0.05) is 332 Å². The topological polar surface area (TPSA) is 693 Å². The first kappa shape index (κ1) is 618. The summed E-state index contributed by atoms with van der Waals surface area (Å²) in [6, 6.07) is 0. The maximum absolute atomic E-state index is 2.00. The van der Waals surface area contributed by atoms with Gasteiger partial charge in [0.1, 0.15) is 0 Å². The van der Waals surface area contributed by atoms with Gasteiger partial charge in [0.15, 0.2) is 0 Å². The Morgan fingerprint density at radius 2 is 0.0556 bits per heavy atom. The SMILES string of the molecule is CC.CC.CC.CC.CC.CC.CC.CC.CC.CC.CC.CC.CC.CC.CC.CC.CC.CC.CC.CC.CC.CC.CC.CC.O.O.O.O.O.O.O.O.O.O.O.O.O.O.O.O.O.O.O.O.O.O.[Mo].[Mo]. The van der Waals surface area contributed by atoms with Crippen molar-refractivity contribution in [2.45, 2.75) is 332 Å². The molecule has 0 aliphatic heterocycles. The zero-order valence-corrected chi connectivity index (χ0v) is 63.8. The van der Waals surface area contributed by atoms with E-state index in [1.807, 2.05) is 332 Å². The Hall–Kier alpha value is 0.497. The van der Waals surface area contributed by atoms with Crippen LogP contribution in [0.1, 0.15) is 332 Å². The molecule has 0 rings (SSSR count). The summed E-state index contributed by atoms with van der Waals surface area (Å²) in [6.45, 7) is 96.0. The Morgan fingerprint density at radius 1 is 0.0556 bits per heavy atom. The summed E-state index contributed by atoms with van der Waals surface area (Å²) < 4.78 is 0. The van der Waals surface area contributed by atoms with E-state index in [2.05, 4.69) is 0 Å². The first-order valence-corrected chi connectivity index (χ1v) is 24.0. The van der Waals surface area contributed by atoms with E-state index in [1.54, 1.807) is 0 Å². The second-order valence-electron chi connectivity index (χ2n) is 0. The summed E-state index contributed by atoms with van der Waals surface area (Å²) in [4.78, 5) is 0. The van der Waals surface area contributed by atoms with Crippen LogP contribution in [0.2, 0.25) is 0 Å². The molecule has 0 spiro atoms. The Balaban J connectivity index is -0.00000000179. The van der Waals surface area contributed by atoms with Gasteiger partial charge in [0.05, 0.1) is 0 Å². The van der Waals surface area contributed by atoms with Gasteiger partial charge in [0.2, 0.25) is 0 Å². The fraction of sp³-hybridized carbons (Fsp3) is 1.00. The molecule has 0 saturated heterocycles. The van der Waals surface area contributed by atoms with Crippen molar-refractivity contribution in [3.63, 3.8) is 0 Å². The maximum atomic E-state index is 2.00. The minimum atomic E-state index is 0. The molecular formula is C48H188Mo2O22. The van der Waals surface area contributed by atoms with Gasteiger partial charge in [0.25, 0.3) is 0 Å². The van der Waals surface area contributed by atoms with E-state index in [4.69, 9.17) is 0 Å². The van der Waals surface area contributed by atoms with Crippen LogP contribution < -0.4 is 0 Å². The number of hydrogen-bond donors (Lipinski definition) is 0. The van der Waals surface area contributed by atoms with Crippen molar-refractivity contribution in [3.05, 3.63) is 0 Å². The van der Waals surface area contributed by atoms with Crippen LogP contribution in [0, 0.1) is 0 Å². The quantitative estimate of drug-likeness (QED) is 0.235. The van der Waals surface area contributed by atoms with Crippen molar-refractivity contribution < 1.29 is 163 Å². The monoisotopic (exact) mass is 1310 g/mol. The molecule has 0 fully saturated rings. The first-order valence-electron chi connectivity index (χ1n) is 24.0. The van der Waals surface area contributed by atoms with Crippen molar-refractivity contribution >= 4 is 0 Å². The van der Waals surface area contributed by atoms with Crippen LogP contribution in [0.15, 0.2) is 0 Å². The van der Waals surface area contributed by atoms with E-state index >= 15 is 0 Å². The molecule has 0 saturated carbocycles. The van der Waals surface area contributed by atoms with Gasteiger partial charge >= 0.3 is 0 Å². The molecule has 0 amide bonds. The van der Waals surface area contributed by atoms with Gasteiger partial charge in [-0.05, 0) is 0 Å². The molecule has 24 heteroatoms. The van der Waals surface area contributed by atoms with E-state index < -0.39 is 0 Å². The van der Waals surface area contributed by atoms with Crippen molar-refractivity contribution in [1.29, 1.82) is 0 Å². The molecule has 0 aliphatic rings. The fourth-order valence-corrected chi connectivity index (χ4v) is 0. The summed E-state index contributed by atoms with van der Waals surface area (Å²) >= 11 is 0. The van der Waals surface area contributed by atoms with E-state index in [0.717, 1.165) is 0 Å². The van der Waals surface area contributed by atoms with Crippen LogP contribution in [-0.4, -0.2) is 120 Å². The number of hydrogen-bond acceptors (Lipinski definition) is 0. The second kappa shape index (κ2) is 1440000. The molecule has 0 radical (unpaired) electrons. The Labute approximate surface area is 492 Å². The van der Waals surface area contributed by atoms with Gasteiger partial charge < -0.3 is 120 Å². The van der Waals surface area contributed by atoms with Crippen molar-refractivity contribution in [2.24, 2.45) is 0 Å². The summed E-state index contributed by atoms with van der Waals surface area (Å²) in [6.07, 6.45) is 0. The van der Waals surface area contributed by atoms with Crippen LogP contribution in [0.5, 0.6) is 0 Å². The molecule has 22 nitrogen and oxygen atoms in total. The van der Waals surface area contributed by atoms with E-state index in [0.29, 0.717) is 0 Å². The first-order chi connectivity index (χ1) is 24.0. The van der Waals surface area contributed by atoms with Crippen LogP contribution in [0.25, 0.3) is 0 Å². The molecule has 524 valence electrons. The average molecular weight is 1310 g/mol. The van der Waals surface area contributed by atoms with Crippen molar-refractivity contribution in [2.75, 3.05) is 0 Å². The summed E-state index contributed by atoms with van der Waals surface area (Å²) in [5.74, 6) is 0. The van der Waals surface area contributed by atoms with Crippen LogP contribution in [-0.2, 0) is 42.1 Å². The molecule has 0 aromatic carbocycles. The van der Waals surface area contributed by atoms with Gasteiger partial charge in [-0.25, -0.2) is 0 Å². The Bertz CT molecular complexity index is 76.0. The van der Waals surface area contributed by atoms with Gasteiger partial charge in [-0.2, -0.15) is 0 Å². The van der Waals surface area contributed by atoms with Gasteiger partial charge in [-0.3, -0.25) is 0 Å². The minimum Gasteiger partial charge on any atom is -0.412 e.